The van der Waals surface area contributed by atoms with Crippen molar-refractivity contribution in [2.24, 2.45) is 0 Å². The van der Waals surface area contributed by atoms with Crippen molar-refractivity contribution in [3.05, 3.63) is 35.4 Å². The van der Waals surface area contributed by atoms with Crippen LogP contribution in [0.5, 0.6) is 0 Å². The predicted octanol–water partition coefficient (Wildman–Crippen LogP) is 0.445. The Balaban J connectivity index is 2.77. The van der Waals surface area contributed by atoms with E-state index >= 15 is 0 Å². The van der Waals surface area contributed by atoms with Gasteiger partial charge in [-0.2, -0.15) is 0 Å². The van der Waals surface area contributed by atoms with Crippen LogP contribution in [0.15, 0.2) is 24.3 Å². The quantitative estimate of drug-likeness (QED) is 0.520. The Labute approximate surface area is 87.5 Å². The van der Waals surface area contributed by atoms with Crippen LogP contribution >= 0.6 is 7.94 Å². The van der Waals surface area contributed by atoms with Crippen LogP contribution in [0.4, 0.5) is 0 Å². The topological polar surface area (TPSA) is 87.0 Å². The van der Waals surface area contributed by atoms with E-state index in [1.165, 1.54) is 31.4 Å². The van der Waals surface area contributed by atoms with Crippen molar-refractivity contribution >= 4 is 13.9 Å². The molecule has 0 saturated carbocycles. The zero-order valence-corrected chi connectivity index (χ0v) is 9.17. The van der Waals surface area contributed by atoms with Crippen molar-refractivity contribution < 1.29 is 24.2 Å². The Morgan fingerprint density at radius 3 is 2.20 bits per heavy atom. The standard InChI is InChI=1S/C9H13O5P/c1-14-9(10)8-4-2-7(3-5-8)6-15(11,12)13/h2-5,11-13,15H,6H2,1H3. The first-order valence-corrected chi connectivity index (χ1v) is 6.31. The van der Waals surface area contributed by atoms with Gasteiger partial charge in [-0.05, 0) is 0 Å². The number of ether oxygens (including phenoxy) is 1. The van der Waals surface area contributed by atoms with Gasteiger partial charge in [0.05, 0.1) is 0 Å². The predicted molar refractivity (Wildman–Crippen MR) is 56.5 cm³/mol. The van der Waals surface area contributed by atoms with Crippen molar-refractivity contribution in [2.45, 2.75) is 6.16 Å². The van der Waals surface area contributed by atoms with Crippen LogP contribution in [0.25, 0.3) is 0 Å². The summed E-state index contributed by atoms with van der Waals surface area (Å²) >= 11 is 0. The number of hydrogen-bond donors (Lipinski definition) is 3. The van der Waals surface area contributed by atoms with Crippen LogP contribution in [-0.2, 0) is 10.9 Å². The molecule has 6 heteroatoms. The molecule has 0 aliphatic carbocycles. The third-order valence-corrected chi connectivity index (χ3v) is 2.70. The Hall–Kier alpha value is -1.00. The van der Waals surface area contributed by atoms with Gasteiger partial charge in [-0.25, -0.2) is 0 Å². The van der Waals surface area contributed by atoms with Crippen molar-refractivity contribution in [2.75, 3.05) is 7.11 Å². The van der Waals surface area contributed by atoms with E-state index in [2.05, 4.69) is 4.74 Å². The van der Waals surface area contributed by atoms with Crippen LogP contribution in [-0.4, -0.2) is 27.8 Å². The molecule has 0 bridgehead atoms. The van der Waals surface area contributed by atoms with Crippen LogP contribution in [0.2, 0.25) is 0 Å². The van der Waals surface area contributed by atoms with Crippen molar-refractivity contribution in [3.63, 3.8) is 0 Å². The summed E-state index contributed by atoms with van der Waals surface area (Å²) < 4.78 is 4.50. The summed E-state index contributed by atoms with van der Waals surface area (Å²) in [6.45, 7) is 0. The van der Waals surface area contributed by atoms with Crippen LogP contribution in [0.1, 0.15) is 15.9 Å². The molecule has 1 rings (SSSR count). The number of hydrogen-bond acceptors (Lipinski definition) is 5. The van der Waals surface area contributed by atoms with Gasteiger partial charge in [0.2, 0.25) is 0 Å². The molecule has 0 heterocycles. The molecule has 0 amide bonds. The summed E-state index contributed by atoms with van der Waals surface area (Å²) in [5, 5.41) is 0. The average Bonchev–Trinajstić information content (AvgIpc) is 2.15. The second-order valence-electron chi connectivity index (χ2n) is 3.14. The van der Waals surface area contributed by atoms with E-state index in [9.17, 15) is 4.79 Å². The van der Waals surface area contributed by atoms with E-state index in [0.29, 0.717) is 11.1 Å². The van der Waals surface area contributed by atoms with Gasteiger partial charge in [-0.3, -0.25) is 0 Å². The number of carbonyl (C=O) groups is 1. The van der Waals surface area contributed by atoms with Crippen LogP contribution < -0.4 is 0 Å². The zero-order chi connectivity index (χ0) is 11.5. The normalized spacial score (nSPS) is 12.3. The average molecular weight is 232 g/mol. The molecular weight excluding hydrogens is 219 g/mol. The number of carbonyl (C=O) groups excluding carboxylic acids is 1. The molecule has 0 spiro atoms. The zero-order valence-electron chi connectivity index (χ0n) is 8.17. The second-order valence-corrected chi connectivity index (χ2v) is 5.04. The third-order valence-electron chi connectivity index (χ3n) is 1.82. The SMILES string of the molecule is COC(=O)c1ccc(C[PH](O)(O)O)cc1. The summed E-state index contributed by atoms with van der Waals surface area (Å²) in [7, 11) is -2.79. The van der Waals surface area contributed by atoms with E-state index in [4.69, 9.17) is 14.7 Å². The summed E-state index contributed by atoms with van der Waals surface area (Å²) in [4.78, 5) is 37.6. The molecule has 1 aromatic carbocycles. The fraction of sp³-hybridized carbons (Fsp3) is 0.222. The first kappa shape index (κ1) is 12.1. The van der Waals surface area contributed by atoms with Gasteiger partial charge in [-0.1, -0.05) is 0 Å². The Morgan fingerprint density at radius 1 is 1.27 bits per heavy atom. The first-order valence-electron chi connectivity index (χ1n) is 4.27. The fourth-order valence-electron chi connectivity index (χ4n) is 1.15. The molecule has 1 aromatic rings. The Morgan fingerprint density at radius 2 is 1.80 bits per heavy atom. The molecule has 5 nitrogen and oxygen atoms in total. The van der Waals surface area contributed by atoms with Gasteiger partial charge in [0.15, 0.2) is 0 Å². The molecule has 0 radical (unpaired) electrons. The molecule has 0 fully saturated rings. The second kappa shape index (κ2) is 4.68. The number of benzene rings is 1. The molecule has 0 aliphatic heterocycles. The number of esters is 1. The van der Waals surface area contributed by atoms with Gasteiger partial charge in [-0.15, -0.1) is 0 Å². The third kappa shape index (κ3) is 3.93. The van der Waals surface area contributed by atoms with E-state index in [1.807, 2.05) is 0 Å². The van der Waals surface area contributed by atoms with Gasteiger partial charge in [0.25, 0.3) is 0 Å². The molecule has 0 atom stereocenters. The molecule has 15 heavy (non-hydrogen) atoms. The summed E-state index contributed by atoms with van der Waals surface area (Å²) in [6.07, 6.45) is -0.186. The molecule has 0 aromatic heterocycles. The summed E-state index contributed by atoms with van der Waals surface area (Å²) in [5.41, 5.74) is 0.934. The number of methoxy groups -OCH3 is 1. The van der Waals surface area contributed by atoms with Crippen molar-refractivity contribution in [1.82, 2.24) is 0 Å². The van der Waals surface area contributed by atoms with Gasteiger partial charge < -0.3 is 0 Å². The summed E-state index contributed by atoms with van der Waals surface area (Å²) in [6, 6.07) is 6.08. The Bertz CT molecular complexity index is 341. The minimum atomic E-state index is -4.07. The maximum absolute atomic E-state index is 11.0. The number of rotatable bonds is 3. The maximum atomic E-state index is 11.0. The van der Waals surface area contributed by atoms with E-state index in [-0.39, 0.29) is 6.16 Å². The molecule has 0 saturated heterocycles. The van der Waals surface area contributed by atoms with Crippen molar-refractivity contribution in [3.8, 4) is 0 Å². The van der Waals surface area contributed by atoms with Crippen LogP contribution in [0, 0.1) is 0 Å². The van der Waals surface area contributed by atoms with Crippen molar-refractivity contribution in [1.29, 1.82) is 0 Å². The molecule has 3 N–H and O–H groups in total. The van der Waals surface area contributed by atoms with Gasteiger partial charge >= 0.3 is 86.8 Å². The molecular formula is C9H13O5P. The molecule has 0 unspecified atom stereocenters. The van der Waals surface area contributed by atoms with E-state index in [1.54, 1.807) is 0 Å². The minimum absolute atomic E-state index is 0.186. The van der Waals surface area contributed by atoms with E-state index < -0.39 is 13.9 Å². The summed E-state index contributed by atoms with van der Waals surface area (Å²) in [5.74, 6) is -0.456. The van der Waals surface area contributed by atoms with Gasteiger partial charge in [0.1, 0.15) is 0 Å². The molecule has 0 aliphatic rings. The van der Waals surface area contributed by atoms with Crippen LogP contribution in [0.3, 0.4) is 0 Å². The fourth-order valence-corrected chi connectivity index (χ4v) is 1.93. The van der Waals surface area contributed by atoms with Gasteiger partial charge in [0, 0.05) is 0 Å². The Kier molecular flexibility index (Phi) is 3.77. The monoisotopic (exact) mass is 232 g/mol. The first-order chi connectivity index (χ1) is 6.92. The molecule has 84 valence electrons. The van der Waals surface area contributed by atoms with E-state index in [0.717, 1.165) is 0 Å².